The quantitative estimate of drug-likeness (QED) is 0.797. The van der Waals surface area contributed by atoms with Gasteiger partial charge in [-0.05, 0) is 18.9 Å². The molecule has 0 aliphatic heterocycles. The summed E-state index contributed by atoms with van der Waals surface area (Å²) in [5.74, 6) is -0.900. The van der Waals surface area contributed by atoms with E-state index in [0.29, 0.717) is 12.8 Å². The van der Waals surface area contributed by atoms with Crippen molar-refractivity contribution in [3.63, 3.8) is 0 Å². The lowest BCUT2D eigenvalue weighted by Crippen LogP contribution is -2.42. The summed E-state index contributed by atoms with van der Waals surface area (Å²) in [5.41, 5.74) is -0.0262. The number of esters is 1. The summed E-state index contributed by atoms with van der Waals surface area (Å²) < 4.78 is 4.70. The number of methoxy groups -OCH3 is 1. The van der Waals surface area contributed by atoms with Gasteiger partial charge in [0.1, 0.15) is 0 Å². The first kappa shape index (κ1) is 13.7. The van der Waals surface area contributed by atoms with Gasteiger partial charge in [0.15, 0.2) is 0 Å². The van der Waals surface area contributed by atoms with Crippen LogP contribution in [0.25, 0.3) is 0 Å². The third-order valence-electron chi connectivity index (χ3n) is 3.33. The zero-order valence-electron chi connectivity index (χ0n) is 10.6. The lowest BCUT2D eigenvalue weighted by molar-refractivity contribution is -0.154. The molecule has 1 aromatic carbocycles. The molecule has 2 atom stereocenters. The second-order valence-electron chi connectivity index (χ2n) is 4.36. The zero-order valence-corrected chi connectivity index (χ0v) is 10.6. The molecule has 0 aromatic heterocycles. The van der Waals surface area contributed by atoms with Crippen LogP contribution >= 0.6 is 0 Å². The van der Waals surface area contributed by atoms with Crippen LogP contribution in [0.2, 0.25) is 0 Å². The summed E-state index contributed by atoms with van der Waals surface area (Å²) in [6, 6.07) is 9.68. The van der Waals surface area contributed by atoms with Crippen molar-refractivity contribution in [1.29, 1.82) is 0 Å². The first-order valence-electron chi connectivity index (χ1n) is 5.87. The van der Waals surface area contributed by atoms with Gasteiger partial charge in [0.25, 0.3) is 0 Å². The van der Waals surface area contributed by atoms with Crippen molar-refractivity contribution in [1.82, 2.24) is 0 Å². The van der Waals surface area contributed by atoms with E-state index in [-0.39, 0.29) is 5.97 Å². The van der Waals surface area contributed by atoms with E-state index >= 15 is 0 Å². The fourth-order valence-electron chi connectivity index (χ4n) is 1.93. The second kappa shape index (κ2) is 5.82. The van der Waals surface area contributed by atoms with Crippen molar-refractivity contribution in [2.75, 3.05) is 7.11 Å². The van der Waals surface area contributed by atoms with Crippen molar-refractivity contribution in [3.05, 3.63) is 35.9 Å². The van der Waals surface area contributed by atoms with E-state index in [9.17, 15) is 9.90 Å². The van der Waals surface area contributed by atoms with Gasteiger partial charge in [0.2, 0.25) is 0 Å². The van der Waals surface area contributed by atoms with Crippen LogP contribution in [-0.2, 0) is 16.0 Å². The molecule has 0 aliphatic rings. The molecule has 3 heteroatoms. The number of aliphatic hydroxyl groups is 1. The van der Waals surface area contributed by atoms with E-state index in [1.165, 1.54) is 7.11 Å². The SMILES string of the molecule is CCC(O)(Cc1ccccc1)C(C)C(=O)OC. The van der Waals surface area contributed by atoms with E-state index in [1.807, 2.05) is 37.3 Å². The Morgan fingerprint density at radius 1 is 1.41 bits per heavy atom. The van der Waals surface area contributed by atoms with Gasteiger partial charge in [-0.2, -0.15) is 0 Å². The highest BCUT2D eigenvalue weighted by molar-refractivity contribution is 5.73. The van der Waals surface area contributed by atoms with Crippen molar-refractivity contribution >= 4 is 5.97 Å². The molecule has 0 amide bonds. The number of hydrogen-bond acceptors (Lipinski definition) is 3. The molecule has 1 aromatic rings. The van der Waals surface area contributed by atoms with Gasteiger partial charge in [0.05, 0.1) is 18.6 Å². The molecule has 0 saturated carbocycles. The minimum atomic E-state index is -1.05. The summed E-state index contributed by atoms with van der Waals surface area (Å²) >= 11 is 0. The highest BCUT2D eigenvalue weighted by Gasteiger charge is 2.37. The minimum absolute atomic E-state index is 0.370. The van der Waals surface area contributed by atoms with Gasteiger partial charge < -0.3 is 9.84 Å². The molecule has 17 heavy (non-hydrogen) atoms. The monoisotopic (exact) mass is 236 g/mol. The molecular formula is C14H20O3. The summed E-state index contributed by atoms with van der Waals surface area (Å²) in [4.78, 5) is 11.5. The minimum Gasteiger partial charge on any atom is -0.469 e. The lowest BCUT2D eigenvalue weighted by Gasteiger charge is -2.31. The number of benzene rings is 1. The predicted molar refractivity (Wildman–Crippen MR) is 66.6 cm³/mol. The van der Waals surface area contributed by atoms with Crippen LogP contribution in [0.5, 0.6) is 0 Å². The topological polar surface area (TPSA) is 46.5 Å². The summed E-state index contributed by atoms with van der Waals surface area (Å²) in [7, 11) is 1.34. The average molecular weight is 236 g/mol. The van der Waals surface area contributed by atoms with E-state index in [0.717, 1.165) is 5.56 Å². The predicted octanol–water partition coefficient (Wildman–Crippen LogP) is 2.18. The Morgan fingerprint density at radius 3 is 2.47 bits per heavy atom. The molecule has 1 N–H and O–H groups in total. The normalized spacial score (nSPS) is 16.0. The number of hydrogen-bond donors (Lipinski definition) is 1. The van der Waals surface area contributed by atoms with Crippen LogP contribution in [-0.4, -0.2) is 23.8 Å². The molecule has 0 bridgehead atoms. The molecule has 94 valence electrons. The molecule has 0 fully saturated rings. The third kappa shape index (κ3) is 3.30. The third-order valence-corrected chi connectivity index (χ3v) is 3.33. The van der Waals surface area contributed by atoms with Crippen LogP contribution < -0.4 is 0 Å². The largest absolute Gasteiger partial charge is 0.469 e. The van der Waals surface area contributed by atoms with Gasteiger partial charge in [0, 0.05) is 6.42 Å². The standard InChI is InChI=1S/C14H20O3/c1-4-14(16,11(2)13(15)17-3)10-12-8-6-5-7-9-12/h5-9,11,16H,4,10H2,1-3H3. The zero-order chi connectivity index (χ0) is 12.9. The Bertz CT molecular complexity index is 361. The molecule has 0 radical (unpaired) electrons. The van der Waals surface area contributed by atoms with Crippen LogP contribution in [0.15, 0.2) is 30.3 Å². The van der Waals surface area contributed by atoms with Gasteiger partial charge in [-0.1, -0.05) is 37.3 Å². The van der Waals surface area contributed by atoms with Gasteiger partial charge in [-0.3, -0.25) is 4.79 Å². The second-order valence-corrected chi connectivity index (χ2v) is 4.36. The average Bonchev–Trinajstić information content (AvgIpc) is 2.37. The van der Waals surface area contributed by atoms with Crippen molar-refractivity contribution in [2.45, 2.75) is 32.3 Å². The molecule has 3 nitrogen and oxygen atoms in total. The van der Waals surface area contributed by atoms with Gasteiger partial charge >= 0.3 is 5.97 Å². The Balaban J connectivity index is 2.85. The molecule has 0 saturated heterocycles. The van der Waals surface area contributed by atoms with Crippen LogP contribution in [0.4, 0.5) is 0 Å². The first-order valence-corrected chi connectivity index (χ1v) is 5.87. The van der Waals surface area contributed by atoms with E-state index in [1.54, 1.807) is 6.92 Å². The smallest absolute Gasteiger partial charge is 0.311 e. The van der Waals surface area contributed by atoms with Crippen molar-refractivity contribution < 1.29 is 14.6 Å². The molecular weight excluding hydrogens is 216 g/mol. The molecule has 1 rings (SSSR count). The Labute approximate surface area is 102 Å². The van der Waals surface area contributed by atoms with Gasteiger partial charge in [-0.15, -0.1) is 0 Å². The first-order chi connectivity index (χ1) is 8.03. The highest BCUT2D eigenvalue weighted by Crippen LogP contribution is 2.27. The van der Waals surface area contributed by atoms with Gasteiger partial charge in [-0.25, -0.2) is 0 Å². The van der Waals surface area contributed by atoms with E-state index < -0.39 is 11.5 Å². The number of carbonyl (C=O) groups excluding carboxylic acids is 1. The molecule has 2 unspecified atom stereocenters. The van der Waals surface area contributed by atoms with Crippen LogP contribution in [0.3, 0.4) is 0 Å². The number of carbonyl (C=O) groups is 1. The van der Waals surface area contributed by atoms with Crippen LogP contribution in [0.1, 0.15) is 25.8 Å². The van der Waals surface area contributed by atoms with E-state index in [2.05, 4.69) is 0 Å². The van der Waals surface area contributed by atoms with Crippen LogP contribution in [0, 0.1) is 5.92 Å². The van der Waals surface area contributed by atoms with E-state index in [4.69, 9.17) is 4.74 Å². The molecule has 0 spiro atoms. The summed E-state index contributed by atoms with van der Waals surface area (Å²) in [6.45, 7) is 3.58. The fourth-order valence-corrected chi connectivity index (χ4v) is 1.93. The fraction of sp³-hybridized carbons (Fsp3) is 0.500. The summed E-state index contributed by atoms with van der Waals surface area (Å²) in [6.07, 6.45) is 0.971. The Kier molecular flexibility index (Phi) is 4.70. The maximum absolute atomic E-state index is 11.5. The number of rotatable bonds is 5. The number of ether oxygens (including phenoxy) is 1. The molecule has 0 heterocycles. The lowest BCUT2D eigenvalue weighted by atomic mass is 9.81. The van der Waals surface area contributed by atoms with Crippen molar-refractivity contribution in [2.24, 2.45) is 5.92 Å². The Hall–Kier alpha value is -1.35. The highest BCUT2D eigenvalue weighted by atomic mass is 16.5. The maximum Gasteiger partial charge on any atom is 0.311 e. The Morgan fingerprint density at radius 2 is 2.00 bits per heavy atom. The summed E-state index contributed by atoms with van der Waals surface area (Å²) in [5, 5.41) is 10.5. The molecule has 0 aliphatic carbocycles. The van der Waals surface area contributed by atoms with Crippen molar-refractivity contribution in [3.8, 4) is 0 Å². The maximum atomic E-state index is 11.5.